The summed E-state index contributed by atoms with van der Waals surface area (Å²) in [5.41, 5.74) is 2.21. The van der Waals surface area contributed by atoms with Gasteiger partial charge in [0.15, 0.2) is 5.16 Å². The van der Waals surface area contributed by atoms with Gasteiger partial charge in [0.1, 0.15) is 11.6 Å². The average molecular weight is 371 g/mol. The van der Waals surface area contributed by atoms with Gasteiger partial charge in [0.25, 0.3) is 5.91 Å². The molecule has 0 aliphatic rings. The SMILES string of the molecule is COc1ccccc1C(=O)NCCSc1ncc(-c2ccc(F)cc2)[nH]1. The summed E-state index contributed by atoms with van der Waals surface area (Å²) in [6, 6.07) is 13.3. The Bertz CT molecular complexity index is 881. The summed E-state index contributed by atoms with van der Waals surface area (Å²) in [5.74, 6) is 0.771. The smallest absolute Gasteiger partial charge is 0.255 e. The summed E-state index contributed by atoms with van der Waals surface area (Å²) < 4.78 is 18.2. The lowest BCUT2D eigenvalue weighted by Gasteiger charge is -2.08. The Morgan fingerprint density at radius 3 is 2.77 bits per heavy atom. The van der Waals surface area contributed by atoms with Gasteiger partial charge in [-0.25, -0.2) is 9.37 Å². The van der Waals surface area contributed by atoms with E-state index in [1.54, 1.807) is 36.5 Å². The van der Waals surface area contributed by atoms with Crippen LogP contribution in [0.25, 0.3) is 11.3 Å². The minimum Gasteiger partial charge on any atom is -0.496 e. The number of hydrogen-bond acceptors (Lipinski definition) is 4. The van der Waals surface area contributed by atoms with Gasteiger partial charge < -0.3 is 15.0 Å². The zero-order chi connectivity index (χ0) is 18.4. The summed E-state index contributed by atoms with van der Waals surface area (Å²) in [6.45, 7) is 0.494. The maximum Gasteiger partial charge on any atom is 0.255 e. The number of imidazole rings is 1. The van der Waals surface area contributed by atoms with E-state index in [0.717, 1.165) is 16.4 Å². The summed E-state index contributed by atoms with van der Waals surface area (Å²) in [6.07, 6.45) is 1.71. The van der Waals surface area contributed by atoms with E-state index in [2.05, 4.69) is 15.3 Å². The summed E-state index contributed by atoms with van der Waals surface area (Å²) in [5, 5.41) is 3.61. The van der Waals surface area contributed by atoms with Crippen LogP contribution in [0.4, 0.5) is 4.39 Å². The van der Waals surface area contributed by atoms with Crippen molar-refractivity contribution >= 4 is 17.7 Å². The highest BCUT2D eigenvalue weighted by Gasteiger charge is 2.11. The van der Waals surface area contributed by atoms with Gasteiger partial charge in [-0.3, -0.25) is 4.79 Å². The summed E-state index contributed by atoms with van der Waals surface area (Å²) in [4.78, 5) is 19.7. The Morgan fingerprint density at radius 2 is 2.00 bits per heavy atom. The second kappa shape index (κ2) is 8.53. The first-order valence-electron chi connectivity index (χ1n) is 8.02. The van der Waals surface area contributed by atoms with E-state index in [9.17, 15) is 9.18 Å². The summed E-state index contributed by atoms with van der Waals surface area (Å²) in [7, 11) is 1.54. The highest BCUT2D eigenvalue weighted by molar-refractivity contribution is 7.99. The van der Waals surface area contributed by atoms with Crippen molar-refractivity contribution in [3.63, 3.8) is 0 Å². The molecule has 1 aromatic heterocycles. The zero-order valence-electron chi connectivity index (χ0n) is 14.2. The van der Waals surface area contributed by atoms with Crippen molar-refractivity contribution in [2.75, 3.05) is 19.4 Å². The van der Waals surface area contributed by atoms with Crippen LogP contribution < -0.4 is 10.1 Å². The topological polar surface area (TPSA) is 67.0 Å². The third kappa shape index (κ3) is 4.43. The van der Waals surface area contributed by atoms with Crippen molar-refractivity contribution in [3.8, 4) is 17.0 Å². The first-order chi connectivity index (χ1) is 12.7. The molecular formula is C19H18FN3O2S. The number of nitrogens with one attached hydrogen (secondary N) is 2. The molecule has 26 heavy (non-hydrogen) atoms. The van der Waals surface area contributed by atoms with Gasteiger partial charge in [0.05, 0.1) is 24.6 Å². The summed E-state index contributed by atoms with van der Waals surface area (Å²) >= 11 is 1.50. The van der Waals surface area contributed by atoms with Crippen LogP contribution >= 0.6 is 11.8 Å². The number of carbonyl (C=O) groups is 1. The number of H-pyrrole nitrogens is 1. The number of para-hydroxylation sites is 1. The molecule has 0 saturated heterocycles. The third-order valence-electron chi connectivity index (χ3n) is 3.69. The van der Waals surface area contributed by atoms with Crippen LogP contribution in [-0.2, 0) is 0 Å². The van der Waals surface area contributed by atoms with Crippen molar-refractivity contribution in [2.45, 2.75) is 5.16 Å². The molecule has 5 nitrogen and oxygen atoms in total. The monoisotopic (exact) mass is 371 g/mol. The van der Waals surface area contributed by atoms with Crippen molar-refractivity contribution in [2.24, 2.45) is 0 Å². The van der Waals surface area contributed by atoms with Gasteiger partial charge in [-0.2, -0.15) is 0 Å². The predicted molar refractivity (Wildman–Crippen MR) is 100 cm³/mol. The normalized spacial score (nSPS) is 10.5. The van der Waals surface area contributed by atoms with E-state index in [-0.39, 0.29) is 11.7 Å². The molecule has 0 unspecified atom stereocenters. The lowest BCUT2D eigenvalue weighted by atomic mass is 10.2. The van der Waals surface area contributed by atoms with Crippen LogP contribution in [0.5, 0.6) is 5.75 Å². The largest absolute Gasteiger partial charge is 0.496 e. The van der Waals surface area contributed by atoms with E-state index >= 15 is 0 Å². The second-order valence-electron chi connectivity index (χ2n) is 5.41. The molecule has 0 bridgehead atoms. The number of halogens is 1. The Hall–Kier alpha value is -2.80. The number of carbonyl (C=O) groups excluding carboxylic acids is 1. The van der Waals surface area contributed by atoms with Crippen LogP contribution in [0.2, 0.25) is 0 Å². The molecule has 0 aliphatic carbocycles. The number of nitrogens with zero attached hydrogens (tertiary/aromatic N) is 1. The van der Waals surface area contributed by atoms with Crippen molar-refractivity contribution in [1.29, 1.82) is 0 Å². The van der Waals surface area contributed by atoms with E-state index in [1.165, 1.54) is 31.0 Å². The van der Waals surface area contributed by atoms with Gasteiger partial charge in [0.2, 0.25) is 0 Å². The fourth-order valence-corrected chi connectivity index (χ4v) is 3.10. The minimum absolute atomic E-state index is 0.172. The van der Waals surface area contributed by atoms with Crippen molar-refractivity contribution in [3.05, 3.63) is 66.1 Å². The number of aromatic amines is 1. The number of amides is 1. The lowest BCUT2D eigenvalue weighted by molar-refractivity contribution is 0.0953. The number of benzene rings is 2. The van der Waals surface area contributed by atoms with E-state index < -0.39 is 0 Å². The van der Waals surface area contributed by atoms with Gasteiger partial charge in [-0.15, -0.1) is 0 Å². The van der Waals surface area contributed by atoms with Crippen LogP contribution in [0, 0.1) is 5.82 Å². The molecule has 0 aliphatic heterocycles. The number of aromatic nitrogens is 2. The van der Waals surface area contributed by atoms with E-state index in [1.807, 2.05) is 6.07 Å². The Labute approximate surface area is 155 Å². The number of ether oxygens (including phenoxy) is 1. The van der Waals surface area contributed by atoms with Gasteiger partial charge in [0, 0.05) is 12.3 Å². The molecule has 0 spiro atoms. The zero-order valence-corrected chi connectivity index (χ0v) is 15.0. The number of hydrogen-bond donors (Lipinski definition) is 2. The maximum absolute atomic E-state index is 13.0. The van der Waals surface area contributed by atoms with E-state index in [0.29, 0.717) is 23.6 Å². The van der Waals surface area contributed by atoms with Crippen LogP contribution in [0.15, 0.2) is 59.9 Å². The molecule has 2 N–H and O–H groups in total. The quantitative estimate of drug-likeness (QED) is 0.490. The molecule has 3 aromatic rings. The molecule has 1 heterocycles. The van der Waals surface area contributed by atoms with Crippen LogP contribution in [0.3, 0.4) is 0 Å². The van der Waals surface area contributed by atoms with Gasteiger partial charge in [-0.1, -0.05) is 23.9 Å². The molecule has 0 fully saturated rings. The maximum atomic E-state index is 13.0. The third-order valence-corrected chi connectivity index (χ3v) is 4.57. The number of thioether (sulfide) groups is 1. The molecule has 0 radical (unpaired) electrons. The molecule has 3 rings (SSSR count). The molecule has 0 saturated carbocycles. The van der Waals surface area contributed by atoms with Crippen molar-refractivity contribution in [1.82, 2.24) is 15.3 Å². The highest BCUT2D eigenvalue weighted by atomic mass is 32.2. The van der Waals surface area contributed by atoms with Gasteiger partial charge >= 0.3 is 0 Å². The standard InChI is InChI=1S/C19H18FN3O2S/c1-25-17-5-3-2-4-15(17)18(24)21-10-11-26-19-22-12-16(23-19)13-6-8-14(20)9-7-13/h2-9,12H,10-11H2,1H3,(H,21,24)(H,22,23). The fraction of sp³-hybridized carbons (Fsp3) is 0.158. The number of methoxy groups -OCH3 is 1. The van der Waals surface area contributed by atoms with Crippen LogP contribution in [0.1, 0.15) is 10.4 Å². The molecule has 0 atom stereocenters. The molecule has 1 amide bonds. The van der Waals surface area contributed by atoms with Crippen LogP contribution in [-0.4, -0.2) is 35.3 Å². The Balaban J connectivity index is 1.50. The van der Waals surface area contributed by atoms with Gasteiger partial charge in [-0.05, 0) is 42.0 Å². The Kier molecular flexibility index (Phi) is 5.91. The molecule has 7 heteroatoms. The van der Waals surface area contributed by atoms with Crippen molar-refractivity contribution < 1.29 is 13.9 Å². The second-order valence-corrected chi connectivity index (χ2v) is 6.50. The first-order valence-corrected chi connectivity index (χ1v) is 9.01. The highest BCUT2D eigenvalue weighted by Crippen LogP contribution is 2.21. The molecular weight excluding hydrogens is 353 g/mol. The lowest BCUT2D eigenvalue weighted by Crippen LogP contribution is -2.26. The molecule has 2 aromatic carbocycles. The predicted octanol–water partition coefficient (Wildman–Crippen LogP) is 3.75. The first kappa shape index (κ1) is 18.0. The van der Waals surface area contributed by atoms with E-state index in [4.69, 9.17) is 4.74 Å². The fourth-order valence-electron chi connectivity index (χ4n) is 2.39. The minimum atomic E-state index is -0.270. The number of rotatable bonds is 7. The Morgan fingerprint density at radius 1 is 1.23 bits per heavy atom. The average Bonchev–Trinajstić information content (AvgIpc) is 3.14. The molecule has 134 valence electrons.